The quantitative estimate of drug-likeness (QED) is 0.635. The second-order valence-electron chi connectivity index (χ2n) is 3.54. The second kappa shape index (κ2) is 6.16. The van der Waals surface area contributed by atoms with E-state index in [1.165, 1.54) is 10.4 Å². The van der Waals surface area contributed by atoms with Gasteiger partial charge in [-0.15, -0.1) is 6.58 Å². The van der Waals surface area contributed by atoms with Crippen molar-refractivity contribution in [3.63, 3.8) is 0 Å². The summed E-state index contributed by atoms with van der Waals surface area (Å²) in [5, 5.41) is 8.72. The third-order valence-electron chi connectivity index (χ3n) is 1.62. The van der Waals surface area contributed by atoms with Crippen molar-refractivity contribution in [1.29, 1.82) is 0 Å². The average molecular weight is 221 g/mol. The Morgan fingerprint density at radius 3 is 2.43 bits per heavy atom. The normalized spacial score (nSPS) is 12.4. The smallest absolute Gasteiger partial charge is 0.214 e. The van der Waals surface area contributed by atoms with Gasteiger partial charge in [0.2, 0.25) is 10.0 Å². The predicted octanol–water partition coefficient (Wildman–Crippen LogP) is 0.452. The molecule has 4 nitrogen and oxygen atoms in total. The summed E-state index contributed by atoms with van der Waals surface area (Å²) in [6, 6.07) is 0. The maximum atomic E-state index is 11.7. The van der Waals surface area contributed by atoms with Gasteiger partial charge in [0.15, 0.2) is 0 Å². The van der Waals surface area contributed by atoms with Crippen molar-refractivity contribution in [2.45, 2.75) is 13.8 Å². The summed E-state index contributed by atoms with van der Waals surface area (Å²) in [5.41, 5.74) is 0. The number of sulfonamides is 1. The van der Waals surface area contributed by atoms with Crippen LogP contribution in [0.5, 0.6) is 0 Å². The van der Waals surface area contributed by atoms with Crippen LogP contribution < -0.4 is 0 Å². The highest BCUT2D eigenvalue weighted by molar-refractivity contribution is 7.89. The van der Waals surface area contributed by atoms with Crippen LogP contribution >= 0.6 is 0 Å². The highest BCUT2D eigenvalue weighted by Crippen LogP contribution is 2.06. The van der Waals surface area contributed by atoms with Crippen molar-refractivity contribution in [1.82, 2.24) is 4.31 Å². The third kappa shape index (κ3) is 4.74. The molecule has 0 atom stereocenters. The van der Waals surface area contributed by atoms with Crippen LogP contribution in [0.1, 0.15) is 13.8 Å². The van der Waals surface area contributed by atoms with Crippen LogP contribution in [0.15, 0.2) is 12.7 Å². The SMILES string of the molecule is C=CCN(CCO)S(=O)(=O)CC(C)C. The van der Waals surface area contributed by atoms with Crippen molar-refractivity contribution in [3.8, 4) is 0 Å². The molecule has 0 aromatic heterocycles. The third-order valence-corrected chi connectivity index (χ3v) is 3.83. The molecule has 0 heterocycles. The van der Waals surface area contributed by atoms with Crippen LogP contribution in [-0.2, 0) is 10.0 Å². The minimum absolute atomic E-state index is 0.0889. The first kappa shape index (κ1) is 13.6. The number of aliphatic hydroxyl groups excluding tert-OH is 1. The summed E-state index contributed by atoms with van der Waals surface area (Å²) in [5.74, 6) is 0.201. The first-order valence-electron chi connectivity index (χ1n) is 4.63. The van der Waals surface area contributed by atoms with E-state index >= 15 is 0 Å². The van der Waals surface area contributed by atoms with E-state index in [0.29, 0.717) is 0 Å². The van der Waals surface area contributed by atoms with Crippen molar-refractivity contribution in [3.05, 3.63) is 12.7 Å². The molecule has 0 aliphatic carbocycles. The van der Waals surface area contributed by atoms with Crippen LogP contribution in [0.4, 0.5) is 0 Å². The summed E-state index contributed by atoms with van der Waals surface area (Å²) >= 11 is 0. The fraction of sp³-hybridized carbons (Fsp3) is 0.778. The molecule has 84 valence electrons. The zero-order valence-electron chi connectivity index (χ0n) is 8.81. The number of hydrogen-bond acceptors (Lipinski definition) is 3. The topological polar surface area (TPSA) is 57.6 Å². The van der Waals surface area contributed by atoms with E-state index in [-0.39, 0.29) is 31.4 Å². The van der Waals surface area contributed by atoms with Gasteiger partial charge in [-0.1, -0.05) is 19.9 Å². The van der Waals surface area contributed by atoms with Gasteiger partial charge in [-0.25, -0.2) is 8.42 Å². The number of rotatable bonds is 7. The summed E-state index contributed by atoms with van der Waals surface area (Å²) in [6.07, 6.45) is 1.52. The fourth-order valence-corrected chi connectivity index (χ4v) is 2.87. The molecule has 0 saturated heterocycles. The number of nitrogens with zero attached hydrogens (tertiary/aromatic N) is 1. The van der Waals surface area contributed by atoms with E-state index in [9.17, 15) is 8.42 Å². The van der Waals surface area contributed by atoms with E-state index in [4.69, 9.17) is 5.11 Å². The monoisotopic (exact) mass is 221 g/mol. The molecule has 0 aliphatic heterocycles. The van der Waals surface area contributed by atoms with Crippen molar-refractivity contribution >= 4 is 10.0 Å². The maximum Gasteiger partial charge on any atom is 0.214 e. The van der Waals surface area contributed by atoms with Crippen molar-refractivity contribution in [2.24, 2.45) is 5.92 Å². The van der Waals surface area contributed by atoms with Crippen LogP contribution in [0, 0.1) is 5.92 Å². The molecule has 0 bridgehead atoms. The van der Waals surface area contributed by atoms with Crippen LogP contribution in [0.25, 0.3) is 0 Å². The zero-order chi connectivity index (χ0) is 11.2. The van der Waals surface area contributed by atoms with Crippen LogP contribution in [-0.4, -0.2) is 43.3 Å². The summed E-state index contributed by atoms with van der Waals surface area (Å²) < 4.78 is 24.6. The fourth-order valence-electron chi connectivity index (χ4n) is 1.13. The van der Waals surface area contributed by atoms with Gasteiger partial charge in [0.25, 0.3) is 0 Å². The van der Waals surface area contributed by atoms with Crippen LogP contribution in [0.3, 0.4) is 0 Å². The molecule has 0 spiro atoms. The van der Waals surface area contributed by atoms with E-state index in [0.717, 1.165) is 0 Å². The van der Waals surface area contributed by atoms with Crippen LogP contribution in [0.2, 0.25) is 0 Å². The zero-order valence-corrected chi connectivity index (χ0v) is 9.63. The van der Waals surface area contributed by atoms with E-state index in [2.05, 4.69) is 6.58 Å². The Morgan fingerprint density at radius 1 is 1.50 bits per heavy atom. The van der Waals surface area contributed by atoms with Gasteiger partial charge >= 0.3 is 0 Å². The molecule has 0 radical (unpaired) electrons. The molecule has 0 aliphatic rings. The molecule has 0 amide bonds. The van der Waals surface area contributed by atoms with E-state index in [1.807, 2.05) is 13.8 Å². The van der Waals surface area contributed by atoms with Gasteiger partial charge < -0.3 is 5.11 Å². The highest BCUT2D eigenvalue weighted by Gasteiger charge is 2.21. The maximum absolute atomic E-state index is 11.7. The molecule has 0 unspecified atom stereocenters. The standard InChI is InChI=1S/C9H19NO3S/c1-4-5-10(6-7-11)14(12,13)8-9(2)3/h4,9,11H,1,5-8H2,2-3H3. The van der Waals surface area contributed by atoms with Gasteiger partial charge in [-0.2, -0.15) is 4.31 Å². The number of aliphatic hydroxyl groups is 1. The summed E-state index contributed by atoms with van der Waals surface area (Å²) in [4.78, 5) is 0. The van der Waals surface area contributed by atoms with E-state index in [1.54, 1.807) is 0 Å². The van der Waals surface area contributed by atoms with E-state index < -0.39 is 10.0 Å². The Labute approximate surface area is 86.3 Å². The minimum Gasteiger partial charge on any atom is -0.395 e. The van der Waals surface area contributed by atoms with Gasteiger partial charge in [-0.3, -0.25) is 0 Å². The predicted molar refractivity (Wildman–Crippen MR) is 57.5 cm³/mol. The molecule has 0 saturated carbocycles. The lowest BCUT2D eigenvalue weighted by Crippen LogP contribution is -2.36. The molecule has 0 fully saturated rings. The first-order valence-corrected chi connectivity index (χ1v) is 6.24. The Morgan fingerprint density at radius 2 is 2.07 bits per heavy atom. The summed E-state index contributed by atoms with van der Waals surface area (Å²) in [6.45, 7) is 7.43. The van der Waals surface area contributed by atoms with Crippen molar-refractivity contribution < 1.29 is 13.5 Å². The molecule has 1 N–H and O–H groups in total. The van der Waals surface area contributed by atoms with Gasteiger partial charge in [-0.05, 0) is 5.92 Å². The van der Waals surface area contributed by atoms with Gasteiger partial charge in [0.1, 0.15) is 0 Å². The molecule has 0 aromatic carbocycles. The first-order chi connectivity index (χ1) is 6.44. The lowest BCUT2D eigenvalue weighted by molar-refractivity contribution is 0.260. The minimum atomic E-state index is -3.24. The average Bonchev–Trinajstić information content (AvgIpc) is 2.01. The van der Waals surface area contributed by atoms with Crippen molar-refractivity contribution in [2.75, 3.05) is 25.4 Å². The highest BCUT2D eigenvalue weighted by atomic mass is 32.2. The molecule has 14 heavy (non-hydrogen) atoms. The lowest BCUT2D eigenvalue weighted by atomic mass is 10.3. The Hall–Kier alpha value is -0.390. The Kier molecular flexibility index (Phi) is 5.99. The second-order valence-corrected chi connectivity index (χ2v) is 5.56. The Balaban J connectivity index is 4.53. The number of hydrogen-bond donors (Lipinski definition) is 1. The molecular formula is C9H19NO3S. The van der Waals surface area contributed by atoms with Gasteiger partial charge in [0.05, 0.1) is 12.4 Å². The molecule has 0 rings (SSSR count). The largest absolute Gasteiger partial charge is 0.395 e. The Bertz CT molecular complexity index is 259. The molecule has 5 heteroatoms. The summed E-state index contributed by atoms with van der Waals surface area (Å²) in [7, 11) is -3.24. The lowest BCUT2D eigenvalue weighted by Gasteiger charge is -2.20. The molecule has 0 aromatic rings. The molecular weight excluding hydrogens is 202 g/mol. The van der Waals surface area contributed by atoms with Gasteiger partial charge in [0, 0.05) is 13.1 Å².